The summed E-state index contributed by atoms with van der Waals surface area (Å²) in [6.45, 7) is 4.43. The van der Waals surface area contributed by atoms with E-state index in [0.29, 0.717) is 6.61 Å². The molecule has 0 saturated heterocycles. The van der Waals surface area contributed by atoms with Crippen LogP contribution in [0.25, 0.3) is 10.9 Å². The van der Waals surface area contributed by atoms with Crippen molar-refractivity contribution in [3.63, 3.8) is 0 Å². The van der Waals surface area contributed by atoms with Gasteiger partial charge in [0.25, 0.3) is 0 Å². The number of ether oxygens (including phenoxy) is 1. The maximum Gasteiger partial charge on any atom is 0.119 e. The van der Waals surface area contributed by atoms with Crippen LogP contribution in [0, 0.1) is 6.92 Å². The van der Waals surface area contributed by atoms with E-state index in [2.05, 4.69) is 53.6 Å². The normalized spacial score (nSPS) is 10.9. The van der Waals surface area contributed by atoms with E-state index < -0.39 is 0 Å². The monoisotopic (exact) mass is 280 g/mol. The van der Waals surface area contributed by atoms with Crippen LogP contribution in [0.2, 0.25) is 0 Å². The fraction of sp³-hybridized carbons (Fsp3) is 0.222. The average Bonchev–Trinajstić information content (AvgIpc) is 2.94. The van der Waals surface area contributed by atoms with E-state index in [0.717, 1.165) is 18.8 Å². The third kappa shape index (κ3) is 3.64. The number of nitrogens with one attached hydrogen (secondary N) is 2. The molecule has 108 valence electrons. The van der Waals surface area contributed by atoms with Gasteiger partial charge in [-0.2, -0.15) is 0 Å². The molecule has 2 N–H and O–H groups in total. The average molecular weight is 280 g/mol. The topological polar surface area (TPSA) is 37.0 Å². The van der Waals surface area contributed by atoms with Crippen LogP contribution in [-0.4, -0.2) is 18.1 Å². The van der Waals surface area contributed by atoms with Gasteiger partial charge in [0.05, 0.1) is 0 Å². The Bertz CT molecular complexity index is 718. The van der Waals surface area contributed by atoms with E-state index in [9.17, 15) is 0 Å². The van der Waals surface area contributed by atoms with Crippen LogP contribution in [-0.2, 0) is 6.54 Å². The zero-order valence-corrected chi connectivity index (χ0v) is 12.2. The predicted octanol–water partition coefficient (Wildman–Crippen LogP) is 3.64. The molecule has 3 nitrogen and oxygen atoms in total. The molecule has 3 aromatic rings. The fourth-order valence-electron chi connectivity index (χ4n) is 2.38. The van der Waals surface area contributed by atoms with Crippen molar-refractivity contribution >= 4 is 10.9 Å². The lowest BCUT2D eigenvalue weighted by Gasteiger charge is -2.08. The van der Waals surface area contributed by atoms with Crippen molar-refractivity contribution in [3.05, 3.63) is 65.9 Å². The Hall–Kier alpha value is -2.26. The third-order valence-electron chi connectivity index (χ3n) is 3.49. The van der Waals surface area contributed by atoms with Gasteiger partial charge in [0, 0.05) is 24.8 Å². The van der Waals surface area contributed by atoms with Crippen LogP contribution in [0.5, 0.6) is 5.75 Å². The van der Waals surface area contributed by atoms with E-state index in [4.69, 9.17) is 4.74 Å². The van der Waals surface area contributed by atoms with Gasteiger partial charge in [-0.1, -0.05) is 24.3 Å². The molecule has 0 bridgehead atoms. The number of rotatable bonds is 6. The van der Waals surface area contributed by atoms with Crippen molar-refractivity contribution in [3.8, 4) is 5.75 Å². The summed E-state index contributed by atoms with van der Waals surface area (Å²) in [6, 6.07) is 16.7. The van der Waals surface area contributed by atoms with Crippen molar-refractivity contribution < 1.29 is 4.74 Å². The molecule has 0 radical (unpaired) electrons. The quantitative estimate of drug-likeness (QED) is 0.676. The van der Waals surface area contributed by atoms with Gasteiger partial charge in [-0.05, 0) is 47.7 Å². The van der Waals surface area contributed by atoms with Gasteiger partial charge in [-0.15, -0.1) is 0 Å². The lowest BCUT2D eigenvalue weighted by Crippen LogP contribution is -2.20. The first kappa shape index (κ1) is 13.7. The van der Waals surface area contributed by atoms with E-state index in [1.54, 1.807) is 0 Å². The van der Waals surface area contributed by atoms with Gasteiger partial charge in [0.2, 0.25) is 0 Å². The second-order valence-corrected chi connectivity index (χ2v) is 5.24. The van der Waals surface area contributed by atoms with Gasteiger partial charge in [-0.3, -0.25) is 0 Å². The molecule has 0 aliphatic heterocycles. The van der Waals surface area contributed by atoms with E-state index in [-0.39, 0.29) is 0 Å². The molecular formula is C18H20N2O. The molecule has 0 saturated carbocycles. The third-order valence-corrected chi connectivity index (χ3v) is 3.49. The fourth-order valence-corrected chi connectivity index (χ4v) is 2.38. The van der Waals surface area contributed by atoms with Crippen molar-refractivity contribution in [2.75, 3.05) is 13.2 Å². The Labute approximate surface area is 125 Å². The van der Waals surface area contributed by atoms with E-state index in [1.165, 1.54) is 22.0 Å². The first-order valence-corrected chi connectivity index (χ1v) is 7.27. The number of hydrogen-bond donors (Lipinski definition) is 2. The molecule has 0 aliphatic rings. The van der Waals surface area contributed by atoms with Gasteiger partial charge in [0.1, 0.15) is 12.4 Å². The molecular weight excluding hydrogens is 260 g/mol. The number of aromatic amines is 1. The lowest BCUT2D eigenvalue weighted by atomic mass is 10.1. The predicted molar refractivity (Wildman–Crippen MR) is 86.7 cm³/mol. The van der Waals surface area contributed by atoms with Crippen LogP contribution < -0.4 is 10.1 Å². The molecule has 2 aromatic carbocycles. The molecule has 0 amide bonds. The minimum absolute atomic E-state index is 0.675. The van der Waals surface area contributed by atoms with Gasteiger partial charge in [-0.25, -0.2) is 0 Å². The Morgan fingerprint density at radius 1 is 1.10 bits per heavy atom. The summed E-state index contributed by atoms with van der Waals surface area (Å²) < 4.78 is 5.71. The second-order valence-electron chi connectivity index (χ2n) is 5.24. The van der Waals surface area contributed by atoms with Crippen molar-refractivity contribution in [2.24, 2.45) is 0 Å². The van der Waals surface area contributed by atoms with Crippen molar-refractivity contribution in [1.29, 1.82) is 0 Å². The standard InChI is InChI=1S/C18H20N2O/c1-14-3-2-4-17(11-14)21-10-9-19-13-15-5-6-16-7-8-20-18(16)12-15/h2-8,11-12,19-20H,9-10,13H2,1H3. The number of fused-ring (bicyclic) bond motifs is 1. The summed E-state index contributed by atoms with van der Waals surface area (Å²) in [4.78, 5) is 3.24. The van der Waals surface area contributed by atoms with E-state index >= 15 is 0 Å². The Kier molecular flexibility index (Phi) is 4.22. The Morgan fingerprint density at radius 3 is 2.95 bits per heavy atom. The molecule has 0 atom stereocenters. The van der Waals surface area contributed by atoms with Gasteiger partial charge >= 0.3 is 0 Å². The SMILES string of the molecule is Cc1cccc(OCCNCc2ccc3cc[nH]c3c2)c1. The molecule has 0 unspecified atom stereocenters. The second kappa shape index (κ2) is 6.46. The first-order valence-electron chi connectivity index (χ1n) is 7.27. The smallest absolute Gasteiger partial charge is 0.119 e. The number of aromatic nitrogens is 1. The lowest BCUT2D eigenvalue weighted by molar-refractivity contribution is 0.313. The van der Waals surface area contributed by atoms with Crippen LogP contribution in [0.3, 0.4) is 0 Å². The summed E-state index contributed by atoms with van der Waals surface area (Å²) in [5.74, 6) is 0.935. The largest absolute Gasteiger partial charge is 0.492 e. The highest BCUT2D eigenvalue weighted by molar-refractivity contribution is 5.79. The maximum atomic E-state index is 5.71. The number of benzene rings is 2. The van der Waals surface area contributed by atoms with Crippen LogP contribution >= 0.6 is 0 Å². The highest BCUT2D eigenvalue weighted by Gasteiger charge is 1.98. The molecule has 0 spiro atoms. The maximum absolute atomic E-state index is 5.71. The molecule has 21 heavy (non-hydrogen) atoms. The van der Waals surface area contributed by atoms with Gasteiger partial charge < -0.3 is 15.0 Å². The highest BCUT2D eigenvalue weighted by Crippen LogP contribution is 2.14. The molecule has 1 heterocycles. The summed E-state index contributed by atoms with van der Waals surface area (Å²) in [5.41, 5.74) is 3.69. The Balaban J connectivity index is 1.43. The summed E-state index contributed by atoms with van der Waals surface area (Å²) >= 11 is 0. The number of aryl methyl sites for hydroxylation is 1. The molecule has 3 rings (SSSR count). The zero-order chi connectivity index (χ0) is 14.5. The number of hydrogen-bond acceptors (Lipinski definition) is 2. The molecule has 0 aliphatic carbocycles. The van der Waals surface area contributed by atoms with Crippen LogP contribution in [0.15, 0.2) is 54.7 Å². The summed E-state index contributed by atoms with van der Waals surface area (Å²) in [5, 5.41) is 4.66. The number of H-pyrrole nitrogens is 1. The van der Waals surface area contributed by atoms with Crippen molar-refractivity contribution in [1.82, 2.24) is 10.3 Å². The Morgan fingerprint density at radius 2 is 2.05 bits per heavy atom. The molecule has 3 heteroatoms. The minimum atomic E-state index is 0.675. The van der Waals surface area contributed by atoms with Crippen LogP contribution in [0.4, 0.5) is 0 Å². The van der Waals surface area contributed by atoms with Gasteiger partial charge in [0.15, 0.2) is 0 Å². The summed E-state index contributed by atoms with van der Waals surface area (Å²) in [7, 11) is 0. The molecule has 0 fully saturated rings. The zero-order valence-electron chi connectivity index (χ0n) is 12.2. The minimum Gasteiger partial charge on any atom is -0.492 e. The summed E-state index contributed by atoms with van der Waals surface area (Å²) in [6.07, 6.45) is 1.97. The van der Waals surface area contributed by atoms with Crippen LogP contribution in [0.1, 0.15) is 11.1 Å². The first-order chi connectivity index (χ1) is 10.3. The van der Waals surface area contributed by atoms with E-state index in [1.807, 2.05) is 18.3 Å². The van der Waals surface area contributed by atoms with Crippen molar-refractivity contribution in [2.45, 2.75) is 13.5 Å². The highest BCUT2D eigenvalue weighted by atomic mass is 16.5. The molecule has 1 aromatic heterocycles.